The van der Waals surface area contributed by atoms with Crippen molar-refractivity contribution in [3.05, 3.63) is 29.3 Å². The summed E-state index contributed by atoms with van der Waals surface area (Å²) >= 11 is 0. The van der Waals surface area contributed by atoms with Crippen LogP contribution in [0.1, 0.15) is 25.0 Å². The Morgan fingerprint density at radius 1 is 1.28 bits per heavy atom. The highest BCUT2D eigenvalue weighted by atomic mass is 32.2. The van der Waals surface area contributed by atoms with Crippen LogP contribution in [0.3, 0.4) is 0 Å². The quantitative estimate of drug-likeness (QED) is 0.846. The number of carboxylic acid groups (broad SMARTS) is 1. The number of carboxylic acids is 1. The van der Waals surface area contributed by atoms with Crippen molar-refractivity contribution in [3.63, 3.8) is 0 Å². The molecule has 0 atom stereocenters. The molecule has 0 aliphatic carbocycles. The van der Waals surface area contributed by atoms with E-state index in [9.17, 15) is 13.2 Å². The zero-order valence-corrected chi connectivity index (χ0v) is 11.5. The van der Waals surface area contributed by atoms with Crippen LogP contribution in [0.2, 0.25) is 0 Å². The van der Waals surface area contributed by atoms with Crippen LogP contribution in [0.4, 0.5) is 0 Å². The van der Waals surface area contributed by atoms with E-state index in [1.54, 1.807) is 26.0 Å². The summed E-state index contributed by atoms with van der Waals surface area (Å²) in [5.74, 6) is -1.34. The lowest BCUT2D eigenvalue weighted by Gasteiger charge is -2.20. The van der Waals surface area contributed by atoms with E-state index in [-0.39, 0.29) is 4.90 Å². The summed E-state index contributed by atoms with van der Waals surface area (Å²) in [6, 6.07) is 4.89. The Morgan fingerprint density at radius 2 is 1.83 bits per heavy atom. The van der Waals surface area contributed by atoms with Gasteiger partial charge < -0.3 is 5.11 Å². The summed E-state index contributed by atoms with van der Waals surface area (Å²) in [5, 5.41) is 8.89. The monoisotopic (exact) mass is 272 g/mol. The largest absolute Gasteiger partial charge is 0.479 e. The van der Waals surface area contributed by atoms with Crippen LogP contribution in [0.5, 0.6) is 0 Å². The highest BCUT2D eigenvalue weighted by Crippen LogP contribution is 2.24. The molecule has 100 valence electrons. The van der Waals surface area contributed by atoms with Gasteiger partial charge in [0, 0.05) is 0 Å². The van der Waals surface area contributed by atoms with Crippen LogP contribution >= 0.6 is 0 Å². The lowest BCUT2D eigenvalue weighted by molar-refractivity contribution is -0.151. The first-order valence-electron chi connectivity index (χ1n) is 5.32. The van der Waals surface area contributed by atoms with Gasteiger partial charge in [-0.05, 0) is 44.9 Å². The second-order valence-electron chi connectivity index (χ2n) is 4.62. The SMILES string of the molecule is Cc1ccc(C)c(S(=O)(=O)OC(C)(C)C(=O)O)c1. The third kappa shape index (κ3) is 3.08. The van der Waals surface area contributed by atoms with E-state index in [1.165, 1.54) is 19.9 Å². The molecule has 0 saturated carbocycles. The molecule has 1 rings (SSSR count). The molecule has 6 heteroatoms. The van der Waals surface area contributed by atoms with E-state index in [0.717, 1.165) is 5.56 Å². The van der Waals surface area contributed by atoms with Gasteiger partial charge in [-0.2, -0.15) is 8.42 Å². The summed E-state index contributed by atoms with van der Waals surface area (Å²) in [4.78, 5) is 10.9. The van der Waals surface area contributed by atoms with Crippen LogP contribution in [-0.4, -0.2) is 25.1 Å². The summed E-state index contributed by atoms with van der Waals surface area (Å²) in [6.07, 6.45) is 0. The smallest absolute Gasteiger partial charge is 0.336 e. The van der Waals surface area contributed by atoms with E-state index < -0.39 is 21.7 Å². The standard InChI is InChI=1S/C12H16O5S/c1-8-5-6-9(2)10(7-8)18(15,16)17-12(3,4)11(13)14/h5-7H,1-4H3,(H,13,14). The van der Waals surface area contributed by atoms with Crippen LogP contribution in [0.15, 0.2) is 23.1 Å². The lowest BCUT2D eigenvalue weighted by Crippen LogP contribution is -2.37. The van der Waals surface area contributed by atoms with Gasteiger partial charge in [-0.15, -0.1) is 0 Å². The number of benzene rings is 1. The maximum absolute atomic E-state index is 12.0. The van der Waals surface area contributed by atoms with Gasteiger partial charge in [0.2, 0.25) is 0 Å². The minimum atomic E-state index is -4.10. The van der Waals surface area contributed by atoms with Crippen molar-refractivity contribution in [2.45, 2.75) is 38.2 Å². The molecule has 18 heavy (non-hydrogen) atoms. The maximum atomic E-state index is 12.0. The van der Waals surface area contributed by atoms with E-state index in [1.807, 2.05) is 0 Å². The minimum absolute atomic E-state index is 0.00294. The third-order valence-electron chi connectivity index (χ3n) is 2.45. The second kappa shape index (κ2) is 4.70. The fraction of sp³-hybridized carbons (Fsp3) is 0.417. The number of carbonyl (C=O) groups is 1. The van der Waals surface area contributed by atoms with Gasteiger partial charge in [-0.25, -0.2) is 8.98 Å². The average Bonchev–Trinajstić information content (AvgIpc) is 2.19. The van der Waals surface area contributed by atoms with Crippen LogP contribution in [0, 0.1) is 13.8 Å². The van der Waals surface area contributed by atoms with E-state index >= 15 is 0 Å². The molecule has 0 aliphatic heterocycles. The first-order chi connectivity index (χ1) is 8.06. The van der Waals surface area contributed by atoms with Crippen molar-refractivity contribution in [1.82, 2.24) is 0 Å². The molecule has 0 aromatic heterocycles. The first kappa shape index (κ1) is 14.7. The van der Waals surface area contributed by atoms with Gasteiger partial charge in [-0.3, -0.25) is 0 Å². The molecular formula is C12H16O5S. The number of aryl methyl sites for hydroxylation is 2. The number of hydrogen-bond donors (Lipinski definition) is 1. The highest BCUT2D eigenvalue weighted by Gasteiger charge is 2.35. The van der Waals surface area contributed by atoms with Crippen LogP contribution in [-0.2, 0) is 19.1 Å². The molecule has 0 fully saturated rings. The van der Waals surface area contributed by atoms with Gasteiger partial charge >= 0.3 is 5.97 Å². The molecule has 0 radical (unpaired) electrons. The van der Waals surface area contributed by atoms with Crippen molar-refractivity contribution < 1.29 is 22.5 Å². The van der Waals surface area contributed by atoms with Crippen molar-refractivity contribution in [2.24, 2.45) is 0 Å². The fourth-order valence-corrected chi connectivity index (χ4v) is 2.83. The maximum Gasteiger partial charge on any atom is 0.336 e. The zero-order valence-electron chi connectivity index (χ0n) is 10.7. The summed E-state index contributed by atoms with van der Waals surface area (Å²) in [7, 11) is -4.10. The topological polar surface area (TPSA) is 80.7 Å². The molecular weight excluding hydrogens is 256 g/mol. The van der Waals surface area contributed by atoms with Crippen molar-refractivity contribution in [3.8, 4) is 0 Å². The molecule has 0 aliphatic rings. The Balaban J connectivity index is 3.23. The van der Waals surface area contributed by atoms with Gasteiger partial charge in [0.15, 0.2) is 5.60 Å². The summed E-state index contributed by atoms with van der Waals surface area (Å²) < 4.78 is 28.9. The lowest BCUT2D eigenvalue weighted by atomic mass is 10.1. The van der Waals surface area contributed by atoms with E-state index in [2.05, 4.69) is 0 Å². The van der Waals surface area contributed by atoms with Crippen molar-refractivity contribution in [2.75, 3.05) is 0 Å². The third-order valence-corrected chi connectivity index (χ3v) is 4.06. The summed E-state index contributed by atoms with van der Waals surface area (Å²) in [5.41, 5.74) is -0.521. The normalized spacial score (nSPS) is 12.4. The first-order valence-corrected chi connectivity index (χ1v) is 6.73. The fourth-order valence-electron chi connectivity index (χ4n) is 1.33. The van der Waals surface area contributed by atoms with Gasteiger partial charge in [-0.1, -0.05) is 12.1 Å². The molecule has 1 N–H and O–H groups in total. The molecule has 0 bridgehead atoms. The van der Waals surface area contributed by atoms with Gasteiger partial charge in [0.05, 0.1) is 4.90 Å². The Kier molecular flexibility index (Phi) is 3.83. The highest BCUT2D eigenvalue weighted by molar-refractivity contribution is 7.86. The molecule has 1 aromatic carbocycles. The Morgan fingerprint density at radius 3 is 2.33 bits per heavy atom. The number of aliphatic carboxylic acids is 1. The second-order valence-corrected chi connectivity index (χ2v) is 6.14. The molecule has 0 amide bonds. The summed E-state index contributed by atoms with van der Waals surface area (Å²) in [6.45, 7) is 5.76. The predicted molar refractivity (Wildman–Crippen MR) is 65.9 cm³/mol. The Hall–Kier alpha value is -1.40. The van der Waals surface area contributed by atoms with Gasteiger partial charge in [0.25, 0.3) is 10.1 Å². The number of hydrogen-bond acceptors (Lipinski definition) is 4. The average molecular weight is 272 g/mol. The predicted octanol–water partition coefficient (Wildman–Crippen LogP) is 1.87. The molecule has 0 spiro atoms. The number of rotatable bonds is 4. The van der Waals surface area contributed by atoms with E-state index in [4.69, 9.17) is 9.29 Å². The zero-order chi connectivity index (χ0) is 14.1. The molecule has 0 heterocycles. The molecule has 5 nitrogen and oxygen atoms in total. The molecule has 0 saturated heterocycles. The minimum Gasteiger partial charge on any atom is -0.479 e. The molecule has 0 unspecified atom stereocenters. The van der Waals surface area contributed by atoms with Crippen molar-refractivity contribution in [1.29, 1.82) is 0 Å². The van der Waals surface area contributed by atoms with E-state index in [0.29, 0.717) is 5.56 Å². The van der Waals surface area contributed by atoms with Crippen LogP contribution < -0.4 is 0 Å². The molecule has 1 aromatic rings. The van der Waals surface area contributed by atoms with Gasteiger partial charge in [0.1, 0.15) is 0 Å². The Bertz CT molecular complexity index is 572. The van der Waals surface area contributed by atoms with Crippen molar-refractivity contribution >= 4 is 16.1 Å². The van der Waals surface area contributed by atoms with Crippen LogP contribution in [0.25, 0.3) is 0 Å². The Labute approximate surface area is 107 Å².